The van der Waals surface area contributed by atoms with Crippen LogP contribution < -0.4 is 10.1 Å². The van der Waals surface area contributed by atoms with Crippen LogP contribution in [0.25, 0.3) is 0 Å². The van der Waals surface area contributed by atoms with E-state index in [0.29, 0.717) is 31.8 Å². The number of ether oxygens (including phenoxy) is 2. The molecule has 0 aliphatic carbocycles. The first-order valence-electron chi connectivity index (χ1n) is 13.3. The second kappa shape index (κ2) is 15.1. The molecule has 0 aliphatic heterocycles. The lowest BCUT2D eigenvalue weighted by Crippen LogP contribution is -2.42. The van der Waals surface area contributed by atoms with Gasteiger partial charge in [0.05, 0.1) is 12.1 Å². The van der Waals surface area contributed by atoms with Gasteiger partial charge in [0.25, 0.3) is 5.91 Å². The Hall–Kier alpha value is -3.59. The van der Waals surface area contributed by atoms with E-state index in [0.717, 1.165) is 24.0 Å². The van der Waals surface area contributed by atoms with Gasteiger partial charge in [-0.2, -0.15) is 0 Å². The molecule has 0 heterocycles. The molecule has 2 rings (SSSR count). The van der Waals surface area contributed by atoms with Crippen LogP contribution in [0.5, 0.6) is 5.75 Å². The smallest absolute Gasteiger partial charge is 0.410 e. The van der Waals surface area contributed by atoms with Crippen molar-refractivity contribution in [3.05, 3.63) is 65.7 Å². The lowest BCUT2D eigenvalue weighted by Gasteiger charge is -2.27. The van der Waals surface area contributed by atoms with Gasteiger partial charge in [-0.1, -0.05) is 42.5 Å². The van der Waals surface area contributed by atoms with Gasteiger partial charge in [-0.15, -0.1) is 0 Å². The molecule has 0 fully saturated rings. The van der Waals surface area contributed by atoms with Crippen LogP contribution >= 0.6 is 0 Å². The summed E-state index contributed by atoms with van der Waals surface area (Å²) in [6.07, 6.45) is 1.74. The fraction of sp³-hybridized carbons (Fsp3) is 0.500. The summed E-state index contributed by atoms with van der Waals surface area (Å²) < 4.78 is 11.0. The van der Waals surface area contributed by atoms with Gasteiger partial charge in [-0.05, 0) is 77.6 Å². The molecule has 2 aromatic carbocycles. The predicted molar refractivity (Wildman–Crippen MR) is 150 cm³/mol. The lowest BCUT2D eigenvalue weighted by atomic mass is 10.1. The van der Waals surface area contributed by atoms with Crippen LogP contribution in [0.2, 0.25) is 0 Å². The Morgan fingerprint density at radius 1 is 0.872 bits per heavy atom. The highest BCUT2D eigenvalue weighted by Crippen LogP contribution is 2.15. The SMILES string of the molecule is CC(C)(C)OC(=O)N(CCCc1ccc(CN(C=O)OC(C)(C)C)cc1)CCNC(=O)COc1ccccc1. The maximum Gasteiger partial charge on any atom is 0.410 e. The lowest BCUT2D eigenvalue weighted by molar-refractivity contribution is -0.220. The number of para-hydroxylation sites is 1. The van der Waals surface area contributed by atoms with Crippen molar-refractivity contribution >= 4 is 18.4 Å². The van der Waals surface area contributed by atoms with Gasteiger partial charge in [0.1, 0.15) is 11.4 Å². The number of rotatable bonds is 14. The van der Waals surface area contributed by atoms with Crippen molar-refractivity contribution in [2.75, 3.05) is 26.2 Å². The molecule has 0 aliphatic rings. The van der Waals surface area contributed by atoms with Crippen molar-refractivity contribution in [1.29, 1.82) is 0 Å². The third-order valence-corrected chi connectivity index (χ3v) is 5.23. The fourth-order valence-corrected chi connectivity index (χ4v) is 3.58. The van der Waals surface area contributed by atoms with E-state index < -0.39 is 17.3 Å². The Morgan fingerprint density at radius 2 is 1.51 bits per heavy atom. The number of hydrogen-bond donors (Lipinski definition) is 1. The molecule has 0 bridgehead atoms. The number of nitrogens with one attached hydrogen (secondary N) is 1. The highest BCUT2D eigenvalue weighted by Gasteiger charge is 2.22. The van der Waals surface area contributed by atoms with Gasteiger partial charge in [0.2, 0.25) is 6.41 Å². The average molecular weight is 542 g/mol. The molecule has 1 N–H and O–H groups in total. The molecule has 0 radical (unpaired) electrons. The van der Waals surface area contributed by atoms with Crippen molar-refractivity contribution in [2.24, 2.45) is 0 Å². The summed E-state index contributed by atoms with van der Waals surface area (Å²) in [5.74, 6) is 0.361. The number of nitrogens with zero attached hydrogens (tertiary/aromatic N) is 2. The maximum atomic E-state index is 12.8. The van der Waals surface area contributed by atoms with Gasteiger partial charge in [-0.3, -0.25) is 14.4 Å². The van der Waals surface area contributed by atoms with Gasteiger partial charge < -0.3 is 19.7 Å². The minimum absolute atomic E-state index is 0.0978. The zero-order chi connectivity index (χ0) is 28.9. The number of carbonyl (C=O) groups is 3. The van der Waals surface area contributed by atoms with E-state index in [4.69, 9.17) is 14.3 Å². The van der Waals surface area contributed by atoms with Crippen LogP contribution in [0.1, 0.15) is 59.1 Å². The molecule has 9 nitrogen and oxygen atoms in total. The number of carbonyl (C=O) groups excluding carboxylic acids is 3. The van der Waals surface area contributed by atoms with E-state index in [9.17, 15) is 14.4 Å². The zero-order valence-corrected chi connectivity index (χ0v) is 24.1. The zero-order valence-electron chi connectivity index (χ0n) is 24.1. The maximum absolute atomic E-state index is 12.8. The number of hydrogen-bond acceptors (Lipinski definition) is 6. The van der Waals surface area contributed by atoms with E-state index in [1.807, 2.05) is 84.0 Å². The first-order chi connectivity index (χ1) is 18.3. The quantitative estimate of drug-likeness (QED) is 0.274. The molecule has 0 aromatic heterocycles. The highest BCUT2D eigenvalue weighted by atomic mass is 16.7. The van der Waals surface area contributed by atoms with Crippen molar-refractivity contribution in [1.82, 2.24) is 15.3 Å². The summed E-state index contributed by atoms with van der Waals surface area (Å²) in [6, 6.07) is 17.1. The summed E-state index contributed by atoms with van der Waals surface area (Å²) in [5.41, 5.74) is 0.991. The van der Waals surface area contributed by atoms with Crippen LogP contribution in [-0.4, -0.2) is 65.8 Å². The first-order valence-corrected chi connectivity index (χ1v) is 13.3. The van der Waals surface area contributed by atoms with E-state index in [1.54, 1.807) is 17.0 Å². The second-order valence-electron chi connectivity index (χ2n) is 11.2. The molecular formula is C30H43N3O6. The largest absolute Gasteiger partial charge is 0.484 e. The van der Waals surface area contributed by atoms with E-state index in [2.05, 4.69) is 5.32 Å². The number of aryl methyl sites for hydroxylation is 1. The Morgan fingerprint density at radius 3 is 2.10 bits per heavy atom. The average Bonchev–Trinajstić information content (AvgIpc) is 2.86. The fourth-order valence-electron chi connectivity index (χ4n) is 3.58. The molecule has 3 amide bonds. The van der Waals surface area contributed by atoms with E-state index >= 15 is 0 Å². The molecule has 214 valence electrons. The third kappa shape index (κ3) is 13.7. The van der Waals surface area contributed by atoms with E-state index in [-0.39, 0.29) is 19.1 Å². The summed E-state index contributed by atoms with van der Waals surface area (Å²) in [7, 11) is 0. The van der Waals surface area contributed by atoms with E-state index in [1.165, 1.54) is 5.06 Å². The molecule has 2 aromatic rings. The van der Waals surface area contributed by atoms with Crippen molar-refractivity contribution in [3.63, 3.8) is 0 Å². The van der Waals surface area contributed by atoms with Gasteiger partial charge in [0, 0.05) is 19.6 Å². The molecule has 39 heavy (non-hydrogen) atoms. The van der Waals surface area contributed by atoms with Crippen LogP contribution in [0.3, 0.4) is 0 Å². The number of benzene rings is 2. The Labute approximate surface area is 232 Å². The minimum atomic E-state index is -0.621. The number of amides is 3. The Bertz CT molecular complexity index is 1030. The van der Waals surface area contributed by atoms with Crippen molar-refractivity contribution in [2.45, 2.75) is 72.1 Å². The molecule has 0 spiro atoms. The normalized spacial score (nSPS) is 11.4. The summed E-state index contributed by atoms with van der Waals surface area (Å²) in [4.78, 5) is 43.5. The molecule has 0 unspecified atom stereocenters. The molecule has 9 heteroatoms. The summed E-state index contributed by atoms with van der Waals surface area (Å²) >= 11 is 0. The molecule has 0 atom stereocenters. The summed E-state index contributed by atoms with van der Waals surface area (Å²) in [6.45, 7) is 12.5. The van der Waals surface area contributed by atoms with Crippen LogP contribution in [0, 0.1) is 0 Å². The van der Waals surface area contributed by atoms with Crippen LogP contribution in [-0.2, 0) is 32.1 Å². The third-order valence-electron chi connectivity index (χ3n) is 5.23. The monoisotopic (exact) mass is 541 g/mol. The van der Waals surface area contributed by atoms with Gasteiger partial charge >= 0.3 is 6.09 Å². The first kappa shape index (κ1) is 31.6. The Balaban J connectivity index is 1.84. The standard InChI is InChI=1S/C30H43N3O6/c1-29(2,3)38-28(36)32(20-18-31-27(35)22-37-26-12-8-7-9-13-26)19-10-11-24-14-16-25(17-15-24)21-33(23-34)39-30(4,5)6/h7-9,12-17,23H,10-11,18-22H2,1-6H3,(H,31,35). The summed E-state index contributed by atoms with van der Waals surface area (Å²) in [5, 5.41) is 4.09. The minimum Gasteiger partial charge on any atom is -0.484 e. The van der Waals surface area contributed by atoms with Crippen LogP contribution in [0.15, 0.2) is 54.6 Å². The van der Waals surface area contributed by atoms with Gasteiger partial charge in [-0.25, -0.2) is 9.86 Å². The van der Waals surface area contributed by atoms with Gasteiger partial charge in [0.15, 0.2) is 6.61 Å². The Kier molecular flexibility index (Phi) is 12.3. The molecular weight excluding hydrogens is 498 g/mol. The van der Waals surface area contributed by atoms with Crippen molar-refractivity contribution in [3.8, 4) is 5.75 Å². The molecule has 0 saturated carbocycles. The second-order valence-corrected chi connectivity index (χ2v) is 11.2. The molecule has 0 saturated heterocycles. The van der Waals surface area contributed by atoms with Crippen LogP contribution in [0.4, 0.5) is 4.79 Å². The highest BCUT2D eigenvalue weighted by molar-refractivity contribution is 5.77. The predicted octanol–water partition coefficient (Wildman–Crippen LogP) is 4.74. The topological polar surface area (TPSA) is 97.4 Å². The number of hydroxylamine groups is 2. The van der Waals surface area contributed by atoms with Crippen molar-refractivity contribution < 1.29 is 28.7 Å².